The van der Waals surface area contributed by atoms with Gasteiger partial charge in [-0.2, -0.15) is 5.26 Å². The molecule has 142 valence electrons. The number of benzene rings is 3. The summed E-state index contributed by atoms with van der Waals surface area (Å²) >= 11 is 0. The number of nitriles is 1. The van der Waals surface area contributed by atoms with Gasteiger partial charge in [-0.3, -0.25) is 4.90 Å². The zero-order valence-corrected chi connectivity index (χ0v) is 15.4. The number of amides is 1. The fourth-order valence-corrected chi connectivity index (χ4v) is 3.05. The van der Waals surface area contributed by atoms with Crippen LogP contribution in [0.4, 0.5) is 10.5 Å². The van der Waals surface area contributed by atoms with Crippen molar-refractivity contribution in [1.29, 1.82) is 5.26 Å². The fraction of sp³-hybridized carbons (Fsp3) is 0.0870. The molecule has 1 amide bonds. The molecule has 3 aromatic carbocycles. The van der Waals surface area contributed by atoms with E-state index in [-0.39, 0.29) is 0 Å². The van der Waals surface area contributed by atoms with Gasteiger partial charge >= 0.3 is 12.1 Å². The van der Waals surface area contributed by atoms with Crippen molar-refractivity contribution in [2.45, 2.75) is 0 Å². The minimum Gasteiger partial charge on any atom is -0.447 e. The van der Waals surface area contributed by atoms with Gasteiger partial charge in [0.15, 0.2) is 0 Å². The highest BCUT2D eigenvalue weighted by atomic mass is 16.6. The monoisotopic (exact) mass is 384 g/mol. The highest BCUT2D eigenvalue weighted by Gasteiger charge is 2.24. The van der Waals surface area contributed by atoms with E-state index in [2.05, 4.69) is 6.07 Å². The number of carbonyl (C=O) groups excluding carboxylic acids is 2. The van der Waals surface area contributed by atoms with Crippen LogP contribution in [0.5, 0.6) is 5.75 Å². The van der Waals surface area contributed by atoms with Crippen LogP contribution in [0.3, 0.4) is 0 Å². The Hall–Kier alpha value is -4.11. The van der Waals surface area contributed by atoms with Crippen LogP contribution in [0.15, 0.2) is 72.8 Å². The van der Waals surface area contributed by atoms with Crippen LogP contribution < -0.4 is 9.64 Å². The van der Waals surface area contributed by atoms with E-state index in [1.807, 2.05) is 24.3 Å². The fourth-order valence-electron chi connectivity index (χ4n) is 3.05. The van der Waals surface area contributed by atoms with Crippen LogP contribution >= 0.6 is 0 Å². The number of anilines is 1. The second-order valence-electron chi connectivity index (χ2n) is 6.42. The van der Waals surface area contributed by atoms with E-state index < -0.39 is 12.1 Å². The van der Waals surface area contributed by atoms with Crippen molar-refractivity contribution in [3.05, 3.63) is 83.9 Å². The van der Waals surface area contributed by atoms with Gasteiger partial charge < -0.3 is 9.47 Å². The van der Waals surface area contributed by atoms with Crippen molar-refractivity contribution < 1.29 is 19.1 Å². The minimum absolute atomic E-state index is 0.332. The molecule has 0 atom stereocenters. The first-order valence-electron chi connectivity index (χ1n) is 9.01. The SMILES string of the molecule is N#Cc1ccc(-c2ccc(OC(=O)c3cccc(N4CCOC4=O)c3)cc2)cc1. The molecule has 3 aromatic rings. The summed E-state index contributed by atoms with van der Waals surface area (Å²) in [7, 11) is 0. The Labute approximate surface area is 167 Å². The number of esters is 1. The first-order chi connectivity index (χ1) is 14.1. The summed E-state index contributed by atoms with van der Waals surface area (Å²) in [4.78, 5) is 25.7. The minimum atomic E-state index is -0.509. The van der Waals surface area contributed by atoms with Crippen LogP contribution in [0.25, 0.3) is 11.1 Å². The maximum Gasteiger partial charge on any atom is 0.414 e. The summed E-state index contributed by atoms with van der Waals surface area (Å²) in [6.45, 7) is 0.785. The Morgan fingerprint density at radius 2 is 1.69 bits per heavy atom. The van der Waals surface area contributed by atoms with E-state index in [9.17, 15) is 9.59 Å². The van der Waals surface area contributed by atoms with E-state index in [0.29, 0.717) is 35.7 Å². The summed E-state index contributed by atoms with van der Waals surface area (Å²) in [6, 6.07) is 23.2. The van der Waals surface area contributed by atoms with Crippen molar-refractivity contribution >= 4 is 17.7 Å². The third kappa shape index (κ3) is 3.94. The lowest BCUT2D eigenvalue weighted by Gasteiger charge is -2.13. The maximum absolute atomic E-state index is 12.5. The highest BCUT2D eigenvalue weighted by molar-refractivity contribution is 5.95. The molecule has 1 aliphatic rings. The number of hydrogen-bond donors (Lipinski definition) is 0. The first kappa shape index (κ1) is 18.3. The molecule has 0 radical (unpaired) electrons. The third-order valence-corrected chi connectivity index (χ3v) is 4.57. The Kier molecular flexibility index (Phi) is 4.95. The van der Waals surface area contributed by atoms with Crippen molar-refractivity contribution in [3.63, 3.8) is 0 Å². The lowest BCUT2D eigenvalue weighted by Crippen LogP contribution is -2.23. The summed E-state index contributed by atoms with van der Waals surface area (Å²) in [5.41, 5.74) is 3.45. The van der Waals surface area contributed by atoms with Gasteiger partial charge in [-0.1, -0.05) is 30.3 Å². The standard InChI is InChI=1S/C23H16N2O4/c24-15-16-4-6-17(7-5-16)18-8-10-21(11-9-18)29-22(26)19-2-1-3-20(14-19)25-12-13-28-23(25)27/h1-11,14H,12-13H2. The predicted molar refractivity (Wildman–Crippen MR) is 107 cm³/mol. The first-order valence-corrected chi connectivity index (χ1v) is 9.01. The van der Waals surface area contributed by atoms with Gasteiger partial charge in [-0.15, -0.1) is 0 Å². The second kappa shape index (κ2) is 7.87. The number of rotatable bonds is 4. The van der Waals surface area contributed by atoms with Gasteiger partial charge in [0.1, 0.15) is 12.4 Å². The van der Waals surface area contributed by atoms with Crippen LogP contribution in [-0.4, -0.2) is 25.2 Å². The maximum atomic E-state index is 12.5. The third-order valence-electron chi connectivity index (χ3n) is 4.57. The molecular weight excluding hydrogens is 368 g/mol. The van der Waals surface area contributed by atoms with Crippen molar-refractivity contribution in [3.8, 4) is 22.9 Å². The Morgan fingerprint density at radius 1 is 1.00 bits per heavy atom. The molecule has 1 fully saturated rings. The Bertz CT molecular complexity index is 1100. The number of cyclic esters (lactones) is 1. The topological polar surface area (TPSA) is 79.6 Å². The Morgan fingerprint density at radius 3 is 2.31 bits per heavy atom. The molecule has 29 heavy (non-hydrogen) atoms. The number of ether oxygens (including phenoxy) is 2. The van der Waals surface area contributed by atoms with Crippen LogP contribution in [-0.2, 0) is 4.74 Å². The van der Waals surface area contributed by atoms with E-state index >= 15 is 0 Å². The molecule has 1 saturated heterocycles. The highest BCUT2D eigenvalue weighted by Crippen LogP contribution is 2.24. The molecule has 0 aromatic heterocycles. The quantitative estimate of drug-likeness (QED) is 0.492. The van der Waals surface area contributed by atoms with Gasteiger partial charge in [0.2, 0.25) is 0 Å². The van der Waals surface area contributed by atoms with Crippen molar-refractivity contribution in [1.82, 2.24) is 0 Å². The van der Waals surface area contributed by atoms with Crippen LogP contribution in [0.2, 0.25) is 0 Å². The summed E-state index contributed by atoms with van der Waals surface area (Å²) < 4.78 is 10.4. The van der Waals surface area contributed by atoms with Crippen molar-refractivity contribution in [2.75, 3.05) is 18.1 Å². The van der Waals surface area contributed by atoms with Gasteiger partial charge in [0, 0.05) is 5.69 Å². The molecule has 0 spiro atoms. The van der Waals surface area contributed by atoms with E-state index in [1.165, 1.54) is 4.90 Å². The van der Waals surface area contributed by atoms with E-state index in [4.69, 9.17) is 14.7 Å². The van der Waals surface area contributed by atoms with E-state index in [1.54, 1.807) is 48.5 Å². The molecule has 0 bridgehead atoms. The van der Waals surface area contributed by atoms with Gasteiger partial charge in [0.25, 0.3) is 0 Å². The molecular formula is C23H16N2O4. The summed E-state index contributed by atoms with van der Waals surface area (Å²) in [5, 5.41) is 8.88. The zero-order valence-electron chi connectivity index (χ0n) is 15.4. The summed E-state index contributed by atoms with van der Waals surface area (Å²) in [5.74, 6) is -0.0936. The van der Waals surface area contributed by atoms with Crippen molar-refractivity contribution in [2.24, 2.45) is 0 Å². The number of carbonyl (C=O) groups is 2. The lowest BCUT2D eigenvalue weighted by atomic mass is 10.0. The normalized spacial score (nSPS) is 12.9. The molecule has 0 unspecified atom stereocenters. The molecule has 0 aliphatic carbocycles. The van der Waals surface area contributed by atoms with Gasteiger partial charge in [-0.25, -0.2) is 9.59 Å². The number of nitrogens with zero attached hydrogens (tertiary/aromatic N) is 2. The van der Waals surface area contributed by atoms with Gasteiger partial charge in [0.05, 0.1) is 23.7 Å². The van der Waals surface area contributed by atoms with Crippen LogP contribution in [0, 0.1) is 11.3 Å². The Balaban J connectivity index is 1.47. The number of hydrogen-bond acceptors (Lipinski definition) is 5. The molecule has 1 heterocycles. The lowest BCUT2D eigenvalue weighted by molar-refractivity contribution is 0.0734. The van der Waals surface area contributed by atoms with E-state index in [0.717, 1.165) is 11.1 Å². The average molecular weight is 384 g/mol. The zero-order chi connectivity index (χ0) is 20.2. The van der Waals surface area contributed by atoms with Gasteiger partial charge in [-0.05, 0) is 53.6 Å². The average Bonchev–Trinajstić information content (AvgIpc) is 3.20. The van der Waals surface area contributed by atoms with Crippen LogP contribution in [0.1, 0.15) is 15.9 Å². The molecule has 0 saturated carbocycles. The second-order valence-corrected chi connectivity index (χ2v) is 6.42. The molecule has 6 heteroatoms. The largest absolute Gasteiger partial charge is 0.447 e. The predicted octanol–water partition coefficient (Wildman–Crippen LogP) is 4.40. The smallest absolute Gasteiger partial charge is 0.414 e. The molecule has 1 aliphatic heterocycles. The molecule has 6 nitrogen and oxygen atoms in total. The molecule has 4 rings (SSSR count). The summed E-state index contributed by atoms with van der Waals surface area (Å²) in [6.07, 6.45) is -0.422. The molecule has 0 N–H and O–H groups in total.